The zero-order chi connectivity index (χ0) is 18.0. The fourth-order valence-corrected chi connectivity index (χ4v) is 2.73. The molecule has 0 aliphatic rings. The van der Waals surface area contributed by atoms with Gasteiger partial charge in [0.25, 0.3) is 0 Å². The molecule has 26 heavy (non-hydrogen) atoms. The van der Waals surface area contributed by atoms with E-state index in [0.717, 1.165) is 16.8 Å². The number of ether oxygens (including phenoxy) is 1. The lowest BCUT2D eigenvalue weighted by Gasteiger charge is -2.18. The average molecular weight is 346 g/mol. The minimum atomic E-state index is -0.265. The number of benzene rings is 2. The largest absolute Gasteiger partial charge is 0.359 e. The van der Waals surface area contributed by atoms with Crippen molar-refractivity contribution in [1.82, 2.24) is 10.3 Å². The molecule has 4 heteroatoms. The van der Waals surface area contributed by atoms with E-state index in [4.69, 9.17) is 4.74 Å². The van der Waals surface area contributed by atoms with E-state index in [9.17, 15) is 4.79 Å². The number of pyridine rings is 1. The van der Waals surface area contributed by atoms with Crippen LogP contribution < -0.4 is 5.32 Å². The molecule has 3 aromatic rings. The predicted octanol–water partition coefficient (Wildman–Crippen LogP) is 3.55. The lowest BCUT2D eigenvalue weighted by atomic mass is 10.0. The lowest BCUT2D eigenvalue weighted by molar-refractivity contribution is -0.127. The van der Waals surface area contributed by atoms with Crippen molar-refractivity contribution < 1.29 is 9.53 Å². The van der Waals surface area contributed by atoms with Gasteiger partial charge in [-0.3, -0.25) is 9.78 Å². The van der Waals surface area contributed by atoms with E-state index in [-0.39, 0.29) is 18.6 Å². The van der Waals surface area contributed by atoms with Gasteiger partial charge in [0.1, 0.15) is 12.7 Å². The van der Waals surface area contributed by atoms with Gasteiger partial charge in [0.2, 0.25) is 5.91 Å². The number of hydrogen-bond donors (Lipinski definition) is 1. The molecule has 1 amide bonds. The molecule has 0 saturated carbocycles. The second-order valence-electron chi connectivity index (χ2n) is 5.93. The van der Waals surface area contributed by atoms with Crippen molar-refractivity contribution in [2.24, 2.45) is 0 Å². The van der Waals surface area contributed by atoms with Gasteiger partial charge in [-0.15, -0.1) is 0 Å². The van der Waals surface area contributed by atoms with Gasteiger partial charge in [-0.1, -0.05) is 66.7 Å². The summed E-state index contributed by atoms with van der Waals surface area (Å²) >= 11 is 0. The summed E-state index contributed by atoms with van der Waals surface area (Å²) in [4.78, 5) is 16.4. The number of amides is 1. The van der Waals surface area contributed by atoms with Gasteiger partial charge in [-0.05, 0) is 23.3 Å². The molecule has 0 unspecified atom stereocenters. The van der Waals surface area contributed by atoms with Crippen molar-refractivity contribution in [3.05, 3.63) is 102 Å². The molecular formula is C22H22N2O2. The summed E-state index contributed by atoms with van der Waals surface area (Å²) in [5.74, 6) is -0.127. The Kier molecular flexibility index (Phi) is 6.51. The Morgan fingerprint density at radius 3 is 2.08 bits per heavy atom. The number of nitrogens with zero attached hydrogens (tertiary/aromatic N) is 1. The monoisotopic (exact) mass is 346 g/mol. The molecule has 0 spiro atoms. The summed E-state index contributed by atoms with van der Waals surface area (Å²) in [7, 11) is 0. The third kappa shape index (κ3) is 5.26. The van der Waals surface area contributed by atoms with Crippen molar-refractivity contribution in [3.63, 3.8) is 0 Å². The van der Waals surface area contributed by atoms with E-state index in [1.54, 1.807) is 6.20 Å². The lowest BCUT2D eigenvalue weighted by Crippen LogP contribution is -2.30. The Hall–Kier alpha value is -2.98. The van der Waals surface area contributed by atoms with Crippen LogP contribution in [0.1, 0.15) is 22.9 Å². The summed E-state index contributed by atoms with van der Waals surface area (Å²) in [6.07, 6.45) is 2.19. The molecule has 2 aromatic carbocycles. The molecule has 3 rings (SSSR count). The molecule has 4 nitrogen and oxygen atoms in total. The standard InChI is InChI=1S/C22H22N2O2/c25-21(24-16-14-20-13-7-8-15-23-20)17-26-22(18-9-3-1-4-10-18)19-11-5-2-6-12-19/h1-13,15,22H,14,16-17H2,(H,24,25). The minimum Gasteiger partial charge on any atom is -0.359 e. The average Bonchev–Trinajstić information content (AvgIpc) is 2.71. The van der Waals surface area contributed by atoms with Crippen LogP contribution in [0.2, 0.25) is 0 Å². The topological polar surface area (TPSA) is 51.2 Å². The molecule has 0 bridgehead atoms. The maximum absolute atomic E-state index is 12.1. The minimum absolute atomic E-state index is 0.0106. The third-order valence-corrected chi connectivity index (χ3v) is 4.02. The van der Waals surface area contributed by atoms with E-state index >= 15 is 0 Å². The Morgan fingerprint density at radius 2 is 1.50 bits per heavy atom. The molecule has 0 saturated heterocycles. The molecule has 1 heterocycles. The van der Waals surface area contributed by atoms with E-state index in [1.165, 1.54) is 0 Å². The molecule has 1 N–H and O–H groups in total. The first-order valence-corrected chi connectivity index (χ1v) is 8.71. The van der Waals surface area contributed by atoms with Gasteiger partial charge in [0, 0.05) is 24.9 Å². The van der Waals surface area contributed by atoms with Crippen LogP contribution in [0.15, 0.2) is 85.1 Å². The van der Waals surface area contributed by atoms with E-state index in [0.29, 0.717) is 13.0 Å². The van der Waals surface area contributed by atoms with Crippen molar-refractivity contribution in [2.45, 2.75) is 12.5 Å². The van der Waals surface area contributed by atoms with Crippen LogP contribution in [0.3, 0.4) is 0 Å². The maximum atomic E-state index is 12.1. The number of carbonyl (C=O) groups is 1. The normalized spacial score (nSPS) is 10.7. The van der Waals surface area contributed by atoms with Gasteiger partial charge in [-0.2, -0.15) is 0 Å². The highest BCUT2D eigenvalue weighted by molar-refractivity contribution is 5.77. The molecule has 132 valence electrons. The highest BCUT2D eigenvalue weighted by atomic mass is 16.5. The van der Waals surface area contributed by atoms with Gasteiger partial charge < -0.3 is 10.1 Å². The van der Waals surface area contributed by atoms with Crippen molar-refractivity contribution >= 4 is 5.91 Å². The molecule has 0 aliphatic carbocycles. The second-order valence-corrected chi connectivity index (χ2v) is 5.93. The zero-order valence-corrected chi connectivity index (χ0v) is 14.5. The predicted molar refractivity (Wildman–Crippen MR) is 102 cm³/mol. The van der Waals surface area contributed by atoms with Crippen LogP contribution in [-0.4, -0.2) is 24.0 Å². The van der Waals surface area contributed by atoms with Crippen molar-refractivity contribution in [3.8, 4) is 0 Å². The summed E-state index contributed by atoms with van der Waals surface area (Å²) in [6.45, 7) is 0.553. The molecular weight excluding hydrogens is 324 g/mol. The Balaban J connectivity index is 1.55. The van der Waals surface area contributed by atoms with Gasteiger partial charge in [0.15, 0.2) is 0 Å². The van der Waals surface area contributed by atoms with E-state index < -0.39 is 0 Å². The van der Waals surface area contributed by atoms with Crippen LogP contribution in [0.4, 0.5) is 0 Å². The molecule has 0 radical (unpaired) electrons. The van der Waals surface area contributed by atoms with Crippen LogP contribution in [0, 0.1) is 0 Å². The quantitative estimate of drug-likeness (QED) is 0.679. The summed E-state index contributed by atoms with van der Waals surface area (Å²) in [6, 6.07) is 25.6. The van der Waals surface area contributed by atoms with Crippen LogP contribution in [0.5, 0.6) is 0 Å². The molecule has 0 atom stereocenters. The molecule has 0 aliphatic heterocycles. The summed E-state index contributed by atoms with van der Waals surface area (Å²) in [5, 5.41) is 2.89. The maximum Gasteiger partial charge on any atom is 0.246 e. The fraction of sp³-hybridized carbons (Fsp3) is 0.182. The van der Waals surface area contributed by atoms with Gasteiger partial charge in [0.05, 0.1) is 0 Å². The van der Waals surface area contributed by atoms with E-state index in [2.05, 4.69) is 10.3 Å². The number of aromatic nitrogens is 1. The first kappa shape index (κ1) is 17.8. The number of rotatable bonds is 8. The zero-order valence-electron chi connectivity index (χ0n) is 14.5. The number of carbonyl (C=O) groups excluding carboxylic acids is 1. The Bertz CT molecular complexity index is 753. The Morgan fingerprint density at radius 1 is 0.885 bits per heavy atom. The van der Waals surface area contributed by atoms with Gasteiger partial charge >= 0.3 is 0 Å². The fourth-order valence-electron chi connectivity index (χ4n) is 2.73. The SMILES string of the molecule is O=C(COC(c1ccccc1)c1ccccc1)NCCc1ccccn1. The van der Waals surface area contributed by atoms with Crippen LogP contribution in [-0.2, 0) is 16.0 Å². The Labute approximate surface area is 153 Å². The smallest absolute Gasteiger partial charge is 0.246 e. The highest BCUT2D eigenvalue weighted by Gasteiger charge is 2.15. The third-order valence-electron chi connectivity index (χ3n) is 4.02. The van der Waals surface area contributed by atoms with E-state index in [1.807, 2.05) is 78.9 Å². The first-order valence-electron chi connectivity index (χ1n) is 8.71. The molecule has 1 aromatic heterocycles. The van der Waals surface area contributed by atoms with Crippen LogP contribution in [0.25, 0.3) is 0 Å². The second kappa shape index (κ2) is 9.49. The molecule has 0 fully saturated rings. The highest BCUT2D eigenvalue weighted by Crippen LogP contribution is 2.25. The summed E-state index contributed by atoms with van der Waals surface area (Å²) < 4.78 is 5.95. The summed E-state index contributed by atoms with van der Waals surface area (Å²) in [5.41, 5.74) is 3.01. The van der Waals surface area contributed by atoms with Crippen LogP contribution >= 0.6 is 0 Å². The first-order chi connectivity index (χ1) is 12.8. The number of hydrogen-bond acceptors (Lipinski definition) is 3. The van der Waals surface area contributed by atoms with Gasteiger partial charge in [-0.25, -0.2) is 0 Å². The number of nitrogens with one attached hydrogen (secondary N) is 1. The van der Waals surface area contributed by atoms with Crippen molar-refractivity contribution in [2.75, 3.05) is 13.2 Å². The van der Waals surface area contributed by atoms with Crippen molar-refractivity contribution in [1.29, 1.82) is 0 Å².